The second-order valence-electron chi connectivity index (χ2n) is 11.7. The van der Waals surface area contributed by atoms with Gasteiger partial charge in [0.05, 0.1) is 24.6 Å². The van der Waals surface area contributed by atoms with E-state index in [0.717, 1.165) is 51.7 Å². The first-order valence-corrected chi connectivity index (χ1v) is 14.3. The van der Waals surface area contributed by atoms with E-state index in [9.17, 15) is 9.59 Å². The number of esters is 1. The zero-order valence-electron chi connectivity index (χ0n) is 24.1. The Bertz CT molecular complexity index is 1620. The van der Waals surface area contributed by atoms with Gasteiger partial charge in [-0.25, -0.2) is 4.68 Å². The number of aryl methyl sites for hydroxylation is 2. The summed E-state index contributed by atoms with van der Waals surface area (Å²) in [5.41, 5.74) is 7.99. The fourth-order valence-corrected chi connectivity index (χ4v) is 6.39. The second-order valence-corrected chi connectivity index (χ2v) is 11.7. The second kappa shape index (κ2) is 10.7. The number of rotatable bonds is 2. The van der Waals surface area contributed by atoms with Crippen LogP contribution in [0.25, 0.3) is 11.0 Å². The van der Waals surface area contributed by atoms with E-state index >= 15 is 0 Å². The average molecular weight is 553 g/mol. The van der Waals surface area contributed by atoms with E-state index in [1.165, 1.54) is 12.7 Å². The van der Waals surface area contributed by atoms with Gasteiger partial charge in [-0.05, 0) is 85.2 Å². The molecule has 0 N–H and O–H groups in total. The molecule has 6 heterocycles. The molecule has 8 nitrogen and oxygen atoms in total. The van der Waals surface area contributed by atoms with Crippen molar-refractivity contribution in [2.75, 3.05) is 20.3 Å². The number of aromatic nitrogens is 3. The van der Waals surface area contributed by atoms with Crippen molar-refractivity contribution in [2.24, 2.45) is 5.41 Å². The first-order valence-electron chi connectivity index (χ1n) is 14.3. The van der Waals surface area contributed by atoms with Crippen molar-refractivity contribution in [3.05, 3.63) is 93.5 Å². The zero-order chi connectivity index (χ0) is 28.7. The Balaban J connectivity index is 1.49. The van der Waals surface area contributed by atoms with Gasteiger partial charge in [0.2, 0.25) is 0 Å². The molecule has 0 saturated carbocycles. The van der Waals surface area contributed by atoms with Crippen LogP contribution in [-0.4, -0.2) is 52.0 Å². The van der Waals surface area contributed by atoms with Crippen molar-refractivity contribution in [3.63, 3.8) is 0 Å². The molecule has 5 aliphatic heterocycles. The van der Waals surface area contributed by atoms with Crippen molar-refractivity contribution in [1.82, 2.24) is 19.9 Å². The highest BCUT2D eigenvalue weighted by Gasteiger charge is 2.41. The Morgan fingerprint density at radius 3 is 2.63 bits per heavy atom. The van der Waals surface area contributed by atoms with Crippen molar-refractivity contribution < 1.29 is 19.1 Å². The molecule has 8 heteroatoms. The molecule has 212 valence electrons. The van der Waals surface area contributed by atoms with E-state index in [2.05, 4.69) is 47.6 Å². The van der Waals surface area contributed by atoms with E-state index in [0.29, 0.717) is 38.4 Å². The summed E-state index contributed by atoms with van der Waals surface area (Å²) in [7, 11) is 1.44. The Morgan fingerprint density at radius 1 is 1.05 bits per heavy atom. The number of nitrogens with zero attached hydrogens (tertiary/aromatic N) is 4. The molecule has 9 rings (SSSR count). The number of benzene rings is 3. The largest absolute Gasteiger partial charge is 0.469 e. The Hall–Kier alpha value is -4.04. The molecule has 9 bridgehead atoms. The lowest BCUT2D eigenvalue weighted by molar-refractivity contribution is -0.151. The van der Waals surface area contributed by atoms with Gasteiger partial charge in [-0.3, -0.25) is 9.59 Å². The van der Waals surface area contributed by atoms with Crippen LogP contribution < -0.4 is 0 Å². The van der Waals surface area contributed by atoms with Crippen molar-refractivity contribution >= 4 is 22.9 Å². The molecular formula is C33H36N4O4. The summed E-state index contributed by atoms with van der Waals surface area (Å²) in [5, 5.41) is 9.02. The maximum atomic E-state index is 13.5. The number of carbonyl (C=O) groups excluding carboxylic acids is 2. The van der Waals surface area contributed by atoms with Crippen molar-refractivity contribution in [1.29, 1.82) is 0 Å². The molecule has 3 aromatic carbocycles. The zero-order valence-corrected chi connectivity index (χ0v) is 24.1. The van der Waals surface area contributed by atoms with Gasteiger partial charge in [0, 0.05) is 37.7 Å². The minimum absolute atomic E-state index is 0.0227. The van der Waals surface area contributed by atoms with Gasteiger partial charge >= 0.3 is 5.97 Å². The Kier molecular flexibility index (Phi) is 7.11. The predicted molar refractivity (Wildman–Crippen MR) is 156 cm³/mol. The van der Waals surface area contributed by atoms with E-state index in [1.54, 1.807) is 0 Å². The summed E-state index contributed by atoms with van der Waals surface area (Å²) in [6.07, 6.45) is 1.57. The van der Waals surface area contributed by atoms with Gasteiger partial charge < -0.3 is 14.4 Å². The first kappa shape index (κ1) is 27.1. The van der Waals surface area contributed by atoms with Gasteiger partial charge in [-0.15, -0.1) is 5.10 Å². The Morgan fingerprint density at radius 2 is 1.85 bits per heavy atom. The summed E-state index contributed by atoms with van der Waals surface area (Å²) in [4.78, 5) is 28.6. The lowest BCUT2D eigenvalue weighted by Gasteiger charge is -2.35. The predicted octanol–water partition coefficient (Wildman–Crippen LogP) is 5.19. The lowest BCUT2D eigenvalue weighted by atomic mass is 9.69. The van der Waals surface area contributed by atoms with E-state index in [4.69, 9.17) is 9.47 Å². The lowest BCUT2D eigenvalue weighted by Crippen LogP contribution is -2.36. The molecule has 5 aliphatic rings. The maximum Gasteiger partial charge on any atom is 0.312 e. The molecule has 1 aromatic heterocycles. The minimum Gasteiger partial charge on any atom is -0.469 e. The number of carbonyl (C=O) groups is 2. The normalized spacial score (nSPS) is 17.8. The van der Waals surface area contributed by atoms with Crippen molar-refractivity contribution in [2.45, 2.75) is 59.2 Å². The van der Waals surface area contributed by atoms with Gasteiger partial charge in [-0.2, -0.15) is 0 Å². The topological polar surface area (TPSA) is 86.5 Å². The van der Waals surface area contributed by atoms with Gasteiger partial charge in [-0.1, -0.05) is 41.6 Å². The van der Waals surface area contributed by atoms with Gasteiger partial charge in [0.15, 0.2) is 0 Å². The molecule has 0 fully saturated rings. The van der Waals surface area contributed by atoms with Crippen LogP contribution in [0.2, 0.25) is 0 Å². The smallest absolute Gasteiger partial charge is 0.312 e. The summed E-state index contributed by atoms with van der Waals surface area (Å²) in [6.45, 7) is 8.86. The molecule has 1 atom stereocenters. The molecule has 0 aliphatic carbocycles. The summed E-state index contributed by atoms with van der Waals surface area (Å²) in [6, 6.07) is 18.3. The summed E-state index contributed by atoms with van der Waals surface area (Å²) < 4.78 is 13.2. The number of hydrogen-bond acceptors (Lipinski definition) is 6. The van der Waals surface area contributed by atoms with Crippen molar-refractivity contribution in [3.8, 4) is 0 Å². The molecular weight excluding hydrogens is 516 g/mol. The monoisotopic (exact) mass is 552 g/mol. The third-order valence-electron chi connectivity index (χ3n) is 8.72. The molecule has 41 heavy (non-hydrogen) atoms. The van der Waals surface area contributed by atoms with E-state index < -0.39 is 5.41 Å². The number of hydrogen-bond donors (Lipinski definition) is 0. The van der Waals surface area contributed by atoms with E-state index in [-0.39, 0.29) is 17.8 Å². The van der Waals surface area contributed by atoms with E-state index in [1.807, 2.05) is 47.7 Å². The van der Waals surface area contributed by atoms with Crippen LogP contribution in [0, 0.1) is 12.3 Å². The minimum atomic E-state index is -0.865. The van der Waals surface area contributed by atoms with Crippen LogP contribution in [0.5, 0.6) is 0 Å². The number of ether oxygens (including phenoxy) is 2. The fourth-order valence-electron chi connectivity index (χ4n) is 6.39. The van der Waals surface area contributed by atoms with Crippen LogP contribution >= 0.6 is 0 Å². The van der Waals surface area contributed by atoms with Crippen LogP contribution in [0.1, 0.15) is 69.9 Å². The van der Waals surface area contributed by atoms with Crippen LogP contribution in [0.3, 0.4) is 0 Å². The highest BCUT2D eigenvalue weighted by atomic mass is 16.5. The SMILES string of the molecule is COC(=O)C(C)(C)C1c2ccc3c(c2)CN(CC3)C(=O)c2ccc(cc2)COCCCn2nnc3c(C)c1ccc32. The highest BCUT2D eigenvalue weighted by molar-refractivity contribution is 5.94. The standard InChI is InChI=1S/C33H36N4O4/c1-21-27-12-13-28-30(21)34-35-37(28)15-5-17-41-20-22-6-8-24(9-7-22)31(38)36-16-14-23-10-11-25(18-26(23)19-36)29(27)33(2,3)32(39)40-4/h6-13,18,29H,5,14-17,19-20H2,1-4H3. The third kappa shape index (κ3) is 4.90. The number of methoxy groups -OCH3 is 1. The molecule has 0 saturated heterocycles. The van der Waals surface area contributed by atoms with Crippen LogP contribution in [0.4, 0.5) is 0 Å². The van der Waals surface area contributed by atoms with Gasteiger partial charge in [0.1, 0.15) is 5.52 Å². The average Bonchev–Trinajstić information content (AvgIpc) is 3.40. The third-order valence-corrected chi connectivity index (χ3v) is 8.72. The molecule has 1 unspecified atom stereocenters. The maximum absolute atomic E-state index is 13.5. The quantitative estimate of drug-likeness (QED) is 0.318. The molecule has 0 spiro atoms. The molecule has 0 radical (unpaired) electrons. The van der Waals surface area contributed by atoms with Crippen LogP contribution in [-0.2, 0) is 40.4 Å². The van der Waals surface area contributed by atoms with Gasteiger partial charge in [0.25, 0.3) is 5.91 Å². The Labute approximate surface area is 240 Å². The van der Waals surface area contributed by atoms with Crippen LogP contribution in [0.15, 0.2) is 54.6 Å². The number of amides is 1. The summed E-state index contributed by atoms with van der Waals surface area (Å²) in [5.74, 6) is -0.556. The summed E-state index contributed by atoms with van der Waals surface area (Å²) >= 11 is 0. The molecule has 4 aromatic rings. The fraction of sp³-hybridized carbons (Fsp3) is 0.394. The highest BCUT2D eigenvalue weighted by Crippen LogP contribution is 2.45. The molecule has 1 amide bonds. The first-order chi connectivity index (χ1) is 19.8.